The molecule has 0 spiro atoms. The summed E-state index contributed by atoms with van der Waals surface area (Å²) in [7, 11) is 0. The first-order valence-corrected chi connectivity index (χ1v) is 7.29. The van der Waals surface area contributed by atoms with Crippen molar-refractivity contribution >= 4 is 5.91 Å². The number of likely N-dealkylation sites (N-methyl/N-ethyl adjacent to an activating group) is 1. The molecule has 2 aliphatic rings. The number of carbonyl (C=O) groups excluding carboxylic acids is 1. The summed E-state index contributed by atoms with van der Waals surface area (Å²) in [5.74, 6) is 1.55. The number of rotatable bonds is 2. The Morgan fingerprint density at radius 1 is 1.32 bits per heavy atom. The molecule has 19 heavy (non-hydrogen) atoms. The molecule has 1 aromatic heterocycles. The molecule has 0 aliphatic carbocycles. The van der Waals surface area contributed by atoms with Crippen LogP contribution in [-0.2, 0) is 17.8 Å². The van der Waals surface area contributed by atoms with Crippen LogP contribution in [0.25, 0.3) is 0 Å². The molecule has 1 unspecified atom stereocenters. The number of hydrogen-bond acceptors (Lipinski definition) is 3. The van der Waals surface area contributed by atoms with E-state index in [1.165, 1.54) is 0 Å². The Hall–Kier alpha value is -1.36. The molecule has 5 nitrogen and oxygen atoms in total. The fourth-order valence-corrected chi connectivity index (χ4v) is 3.10. The predicted octanol–water partition coefficient (Wildman–Crippen LogP) is 0.610. The Morgan fingerprint density at radius 2 is 2.11 bits per heavy atom. The molecule has 104 valence electrons. The van der Waals surface area contributed by atoms with E-state index in [-0.39, 0.29) is 5.92 Å². The molecule has 0 bridgehead atoms. The highest BCUT2D eigenvalue weighted by atomic mass is 16.2. The van der Waals surface area contributed by atoms with Crippen LogP contribution in [0, 0.1) is 5.92 Å². The van der Waals surface area contributed by atoms with Gasteiger partial charge >= 0.3 is 0 Å². The van der Waals surface area contributed by atoms with Crippen molar-refractivity contribution in [3.05, 3.63) is 18.2 Å². The Balaban J connectivity index is 1.60. The van der Waals surface area contributed by atoms with Gasteiger partial charge in [0.15, 0.2) is 0 Å². The topological polar surface area (TPSA) is 41.4 Å². The molecule has 0 saturated carbocycles. The normalized spacial score (nSPS) is 24.3. The van der Waals surface area contributed by atoms with E-state index in [2.05, 4.69) is 26.3 Å². The van der Waals surface area contributed by atoms with Gasteiger partial charge in [-0.2, -0.15) is 0 Å². The molecular weight excluding hydrogens is 240 g/mol. The zero-order chi connectivity index (χ0) is 13.2. The van der Waals surface area contributed by atoms with Crippen LogP contribution >= 0.6 is 0 Å². The van der Waals surface area contributed by atoms with E-state index in [0.717, 1.165) is 57.9 Å². The zero-order valence-corrected chi connectivity index (χ0v) is 11.6. The van der Waals surface area contributed by atoms with Crippen LogP contribution in [0.4, 0.5) is 0 Å². The van der Waals surface area contributed by atoms with Crippen molar-refractivity contribution in [3.8, 4) is 0 Å². The minimum Gasteiger partial charge on any atom is -0.340 e. The second kappa shape index (κ2) is 5.33. The lowest BCUT2D eigenvalue weighted by atomic mass is 9.96. The number of aromatic nitrogens is 2. The van der Waals surface area contributed by atoms with Crippen LogP contribution < -0.4 is 0 Å². The van der Waals surface area contributed by atoms with E-state index in [1.807, 2.05) is 12.4 Å². The summed E-state index contributed by atoms with van der Waals surface area (Å²) in [4.78, 5) is 21.3. The third-order valence-electron chi connectivity index (χ3n) is 4.43. The largest absolute Gasteiger partial charge is 0.340 e. The van der Waals surface area contributed by atoms with Gasteiger partial charge < -0.3 is 14.4 Å². The minimum absolute atomic E-state index is 0.142. The Morgan fingerprint density at radius 3 is 2.84 bits per heavy atom. The Kier molecular flexibility index (Phi) is 3.55. The highest BCUT2D eigenvalue weighted by Crippen LogP contribution is 2.21. The van der Waals surface area contributed by atoms with Gasteiger partial charge in [-0.05, 0) is 13.0 Å². The van der Waals surface area contributed by atoms with Gasteiger partial charge in [-0.3, -0.25) is 4.79 Å². The van der Waals surface area contributed by atoms with Crippen molar-refractivity contribution < 1.29 is 4.79 Å². The van der Waals surface area contributed by atoms with E-state index >= 15 is 0 Å². The van der Waals surface area contributed by atoms with Crippen LogP contribution in [0.1, 0.15) is 19.2 Å². The van der Waals surface area contributed by atoms with E-state index in [9.17, 15) is 4.79 Å². The predicted molar refractivity (Wildman–Crippen MR) is 72.7 cm³/mol. The molecule has 1 aromatic rings. The second-order valence-electron chi connectivity index (χ2n) is 5.49. The number of hydrogen-bond donors (Lipinski definition) is 0. The Bertz CT molecular complexity index is 448. The third-order valence-corrected chi connectivity index (χ3v) is 4.43. The first-order valence-electron chi connectivity index (χ1n) is 7.29. The number of imidazole rings is 1. The molecule has 0 aromatic carbocycles. The lowest BCUT2D eigenvalue weighted by Crippen LogP contribution is -2.50. The molecule has 1 amide bonds. The maximum absolute atomic E-state index is 12.6. The smallest absolute Gasteiger partial charge is 0.226 e. The minimum atomic E-state index is 0.142. The third kappa shape index (κ3) is 2.52. The van der Waals surface area contributed by atoms with E-state index in [4.69, 9.17) is 0 Å². The van der Waals surface area contributed by atoms with Gasteiger partial charge in [0, 0.05) is 57.5 Å². The maximum atomic E-state index is 12.6. The number of carbonyl (C=O) groups is 1. The zero-order valence-electron chi connectivity index (χ0n) is 11.6. The summed E-state index contributed by atoms with van der Waals surface area (Å²) in [6, 6.07) is 0. The fourth-order valence-electron chi connectivity index (χ4n) is 3.10. The van der Waals surface area contributed by atoms with Crippen LogP contribution in [0.3, 0.4) is 0 Å². The Labute approximate surface area is 114 Å². The van der Waals surface area contributed by atoms with Crippen LogP contribution in [-0.4, -0.2) is 58.0 Å². The summed E-state index contributed by atoms with van der Waals surface area (Å²) in [5, 5.41) is 0. The standard InChI is InChI=1S/C14H22N4O/c1-2-16-7-9-18(10-8-16)14(19)12-3-5-17-6-4-15-13(17)11-12/h4,6,12H,2-3,5,7-11H2,1H3. The summed E-state index contributed by atoms with van der Waals surface area (Å²) in [6.07, 6.45) is 5.61. The molecule has 0 N–H and O–H groups in total. The van der Waals surface area contributed by atoms with E-state index in [1.54, 1.807) is 0 Å². The molecule has 1 atom stereocenters. The van der Waals surface area contributed by atoms with Crippen molar-refractivity contribution in [3.63, 3.8) is 0 Å². The summed E-state index contributed by atoms with van der Waals surface area (Å²) >= 11 is 0. The van der Waals surface area contributed by atoms with Crippen LogP contribution in [0.2, 0.25) is 0 Å². The van der Waals surface area contributed by atoms with Gasteiger partial charge in [0.2, 0.25) is 5.91 Å². The van der Waals surface area contributed by atoms with Crippen molar-refractivity contribution in [1.29, 1.82) is 0 Å². The number of aryl methyl sites for hydroxylation is 1. The molecular formula is C14H22N4O. The molecule has 0 radical (unpaired) electrons. The SMILES string of the molecule is CCN1CCN(C(=O)C2CCn3ccnc3C2)CC1. The molecule has 2 aliphatic heterocycles. The second-order valence-corrected chi connectivity index (χ2v) is 5.49. The molecule has 1 saturated heterocycles. The van der Waals surface area contributed by atoms with Crippen LogP contribution in [0.15, 0.2) is 12.4 Å². The highest BCUT2D eigenvalue weighted by molar-refractivity contribution is 5.79. The van der Waals surface area contributed by atoms with E-state index < -0.39 is 0 Å². The average Bonchev–Trinajstić information content (AvgIpc) is 2.94. The summed E-state index contributed by atoms with van der Waals surface area (Å²) in [5.41, 5.74) is 0. The van der Waals surface area contributed by atoms with Crippen molar-refractivity contribution in [1.82, 2.24) is 19.4 Å². The first-order chi connectivity index (χ1) is 9.28. The van der Waals surface area contributed by atoms with Crippen molar-refractivity contribution in [2.24, 2.45) is 5.92 Å². The summed E-state index contributed by atoms with van der Waals surface area (Å²) < 4.78 is 2.17. The number of nitrogens with zero attached hydrogens (tertiary/aromatic N) is 4. The van der Waals surface area contributed by atoms with Gasteiger partial charge in [0.25, 0.3) is 0 Å². The lowest BCUT2D eigenvalue weighted by molar-refractivity contribution is -0.138. The maximum Gasteiger partial charge on any atom is 0.226 e. The highest BCUT2D eigenvalue weighted by Gasteiger charge is 2.30. The molecule has 5 heteroatoms. The monoisotopic (exact) mass is 262 g/mol. The number of piperazine rings is 1. The molecule has 1 fully saturated rings. The van der Waals surface area contributed by atoms with E-state index in [0.29, 0.717) is 5.91 Å². The molecule has 3 rings (SSSR count). The van der Waals surface area contributed by atoms with Gasteiger partial charge in [0.05, 0.1) is 0 Å². The number of amides is 1. The van der Waals surface area contributed by atoms with Crippen molar-refractivity contribution in [2.75, 3.05) is 32.7 Å². The molecule has 3 heterocycles. The van der Waals surface area contributed by atoms with Gasteiger partial charge in [-0.15, -0.1) is 0 Å². The number of fused-ring (bicyclic) bond motifs is 1. The van der Waals surface area contributed by atoms with Gasteiger partial charge in [0.1, 0.15) is 5.82 Å². The fraction of sp³-hybridized carbons (Fsp3) is 0.714. The van der Waals surface area contributed by atoms with Crippen LogP contribution in [0.5, 0.6) is 0 Å². The quantitative estimate of drug-likeness (QED) is 0.784. The van der Waals surface area contributed by atoms with Crippen molar-refractivity contribution in [2.45, 2.75) is 26.3 Å². The average molecular weight is 262 g/mol. The first kappa shape index (κ1) is 12.7. The lowest BCUT2D eigenvalue weighted by Gasteiger charge is -2.36. The summed E-state index contributed by atoms with van der Waals surface area (Å²) in [6.45, 7) is 8.00. The van der Waals surface area contributed by atoms with Gasteiger partial charge in [-0.25, -0.2) is 4.98 Å². The van der Waals surface area contributed by atoms with Gasteiger partial charge in [-0.1, -0.05) is 6.92 Å².